The van der Waals surface area contributed by atoms with Gasteiger partial charge in [-0.3, -0.25) is 0 Å². The van der Waals surface area contributed by atoms with E-state index in [4.69, 9.17) is 0 Å². The Balaban J connectivity index is 1.20. The summed E-state index contributed by atoms with van der Waals surface area (Å²) in [5.74, 6) is 0. The maximum absolute atomic E-state index is 4.08. The van der Waals surface area contributed by atoms with Crippen molar-refractivity contribution < 1.29 is 0 Å². The van der Waals surface area contributed by atoms with Crippen LogP contribution in [0.5, 0.6) is 0 Å². The van der Waals surface area contributed by atoms with Crippen LogP contribution in [-0.4, -0.2) is 4.57 Å². The first-order valence-corrected chi connectivity index (χ1v) is 21.7. The van der Waals surface area contributed by atoms with E-state index in [0.29, 0.717) is 0 Å². The van der Waals surface area contributed by atoms with E-state index in [1.807, 2.05) is 19.2 Å². The summed E-state index contributed by atoms with van der Waals surface area (Å²) >= 11 is 0. The van der Waals surface area contributed by atoms with Gasteiger partial charge in [-0.05, 0) is 132 Å². The van der Waals surface area contributed by atoms with Gasteiger partial charge < -0.3 is 9.88 Å². The van der Waals surface area contributed by atoms with Crippen LogP contribution in [0.3, 0.4) is 0 Å². The van der Waals surface area contributed by atoms with E-state index in [0.717, 1.165) is 35.2 Å². The summed E-state index contributed by atoms with van der Waals surface area (Å²) in [5, 5.41) is 6.00. The van der Waals surface area contributed by atoms with Crippen molar-refractivity contribution in [3.05, 3.63) is 253 Å². The highest BCUT2D eigenvalue weighted by atomic mass is 15.0. The van der Waals surface area contributed by atoms with E-state index in [2.05, 4.69) is 250 Å². The van der Waals surface area contributed by atoms with E-state index in [-0.39, 0.29) is 0 Å². The number of allylic oxidation sites excluding steroid dienone is 21. The molecule has 1 N–H and O–H groups in total. The van der Waals surface area contributed by atoms with Crippen molar-refractivity contribution in [1.82, 2.24) is 4.57 Å². The summed E-state index contributed by atoms with van der Waals surface area (Å²) in [5.41, 5.74) is 16.4. The minimum absolute atomic E-state index is 0.889. The topological polar surface area (TPSA) is 17.0 Å². The normalized spacial score (nSPS) is 14.9. The highest BCUT2D eigenvalue weighted by Crippen LogP contribution is 2.39. The van der Waals surface area contributed by atoms with Gasteiger partial charge >= 0.3 is 0 Å². The average Bonchev–Trinajstić information content (AvgIpc) is 3.66. The van der Waals surface area contributed by atoms with Crippen LogP contribution in [0.4, 0.5) is 5.69 Å². The molecule has 0 amide bonds. The van der Waals surface area contributed by atoms with Crippen molar-refractivity contribution in [1.29, 1.82) is 0 Å². The summed E-state index contributed by atoms with van der Waals surface area (Å²) in [6, 6.07) is 41.5. The van der Waals surface area contributed by atoms with Gasteiger partial charge in [0.25, 0.3) is 0 Å². The van der Waals surface area contributed by atoms with Gasteiger partial charge in [0.15, 0.2) is 0 Å². The largest absolute Gasteiger partial charge is 0.362 e. The second-order valence-electron chi connectivity index (χ2n) is 15.2. The van der Waals surface area contributed by atoms with E-state index < -0.39 is 0 Å². The molecule has 0 unspecified atom stereocenters. The SMILES string of the molecule is C=C/C=C(\C=C1\C=CC=CC1)C(/C=C\c1cccc(-c2cccc3c2c2ccccc2n3C(/C=C\CC)=C/C)c1)=C/C=C/Nc1ccc(-c2ccccc2/C(C)=C/C=C\C)cc1. The zero-order chi connectivity index (χ0) is 43.1. The molecule has 5 aromatic carbocycles. The monoisotopic (exact) mass is 804 g/mol. The zero-order valence-corrected chi connectivity index (χ0v) is 36.4. The fourth-order valence-corrected chi connectivity index (χ4v) is 7.96. The maximum Gasteiger partial charge on any atom is 0.0547 e. The van der Waals surface area contributed by atoms with Gasteiger partial charge in [-0.25, -0.2) is 0 Å². The second-order valence-corrected chi connectivity index (χ2v) is 15.2. The van der Waals surface area contributed by atoms with Gasteiger partial charge in [-0.2, -0.15) is 0 Å². The average molecular weight is 805 g/mol. The third-order valence-corrected chi connectivity index (χ3v) is 11.0. The van der Waals surface area contributed by atoms with Gasteiger partial charge in [0, 0.05) is 28.4 Å². The lowest BCUT2D eigenvalue weighted by molar-refractivity contribution is 1.19. The predicted octanol–water partition coefficient (Wildman–Crippen LogP) is 17.1. The van der Waals surface area contributed by atoms with Crippen molar-refractivity contribution in [3.8, 4) is 22.3 Å². The molecule has 0 radical (unpaired) electrons. The number of rotatable bonds is 15. The number of nitrogens with zero attached hydrogens (tertiary/aromatic N) is 1. The summed E-state index contributed by atoms with van der Waals surface area (Å²) in [4.78, 5) is 0. The Kier molecular flexibility index (Phi) is 14.6. The molecule has 0 saturated carbocycles. The first kappa shape index (κ1) is 42.7. The molecule has 0 saturated heterocycles. The molecule has 1 aliphatic carbocycles. The smallest absolute Gasteiger partial charge is 0.0547 e. The standard InChI is InChI=1S/C60H56N2/c1-6-10-23-45(5)54-30-15-16-31-55(54)49-38-40-52(41-39-49)61-42-21-28-48(50(22-8-3)43-46-24-13-12-14-25-46)37-36-47-26-19-27-51(44-47)56-33-20-35-59-60(56)57-32-17-18-34-58(57)62(59)53(9-4)29-11-7-2/h6,8-24,26-44,61H,3,7,25H2,1-2,4-5H3/b10-6-,29-11-,37-36-,42-21+,45-23+,46-43-,48-28+,50-22+,53-9+. The maximum atomic E-state index is 4.08. The number of para-hydroxylation sites is 1. The van der Waals surface area contributed by atoms with Crippen molar-refractivity contribution in [3.63, 3.8) is 0 Å². The lowest BCUT2D eigenvalue weighted by Crippen LogP contribution is -1.94. The van der Waals surface area contributed by atoms with Gasteiger partial charge in [0.2, 0.25) is 0 Å². The van der Waals surface area contributed by atoms with Crippen LogP contribution in [0, 0.1) is 0 Å². The van der Waals surface area contributed by atoms with E-state index in [9.17, 15) is 0 Å². The van der Waals surface area contributed by atoms with Gasteiger partial charge in [0.05, 0.1) is 11.0 Å². The summed E-state index contributed by atoms with van der Waals surface area (Å²) in [6.07, 6.45) is 40.3. The number of nitrogens with one attached hydrogen (secondary N) is 1. The fourth-order valence-electron chi connectivity index (χ4n) is 7.96. The molecule has 0 aliphatic heterocycles. The summed E-state index contributed by atoms with van der Waals surface area (Å²) in [6.45, 7) is 12.6. The quantitative estimate of drug-likeness (QED) is 0.102. The van der Waals surface area contributed by atoms with Crippen molar-refractivity contribution in [2.75, 3.05) is 5.32 Å². The Labute approximate surface area is 369 Å². The minimum atomic E-state index is 0.889. The molecule has 0 atom stereocenters. The van der Waals surface area contributed by atoms with Gasteiger partial charge in [0.1, 0.15) is 0 Å². The molecule has 0 bridgehead atoms. The number of benzene rings is 5. The molecule has 7 rings (SSSR count). The molecule has 0 spiro atoms. The van der Waals surface area contributed by atoms with Crippen molar-refractivity contribution in [2.24, 2.45) is 0 Å². The second kappa shape index (κ2) is 21.2. The Morgan fingerprint density at radius 2 is 1.53 bits per heavy atom. The lowest BCUT2D eigenvalue weighted by atomic mass is 9.95. The molecule has 0 fully saturated rings. The van der Waals surface area contributed by atoms with E-state index in [1.54, 1.807) is 0 Å². The predicted molar refractivity (Wildman–Crippen MR) is 274 cm³/mol. The first-order valence-electron chi connectivity index (χ1n) is 21.7. The molecule has 2 nitrogen and oxygen atoms in total. The van der Waals surface area contributed by atoms with E-state index >= 15 is 0 Å². The Hall–Kier alpha value is -7.42. The number of hydrogen-bond acceptors (Lipinski definition) is 1. The van der Waals surface area contributed by atoms with Gasteiger partial charge in [-0.1, -0.05) is 190 Å². The zero-order valence-electron chi connectivity index (χ0n) is 36.4. The van der Waals surface area contributed by atoms with Crippen LogP contribution in [0.25, 0.3) is 61.4 Å². The minimum Gasteiger partial charge on any atom is -0.362 e. The van der Waals surface area contributed by atoms with Crippen LogP contribution >= 0.6 is 0 Å². The Morgan fingerprint density at radius 1 is 0.742 bits per heavy atom. The highest BCUT2D eigenvalue weighted by Gasteiger charge is 2.16. The highest BCUT2D eigenvalue weighted by molar-refractivity contribution is 6.16. The fraction of sp³-hybridized carbons (Fsp3) is 0.100. The van der Waals surface area contributed by atoms with Crippen LogP contribution in [0.15, 0.2) is 242 Å². The Bertz CT molecular complexity index is 2900. The van der Waals surface area contributed by atoms with Crippen molar-refractivity contribution >= 4 is 44.8 Å². The summed E-state index contributed by atoms with van der Waals surface area (Å²) in [7, 11) is 0. The van der Waals surface area contributed by atoms with Gasteiger partial charge in [-0.15, -0.1) is 0 Å². The molecule has 306 valence electrons. The van der Waals surface area contributed by atoms with E-state index in [1.165, 1.54) is 66.5 Å². The third kappa shape index (κ3) is 10.1. The molecule has 1 aliphatic rings. The first-order chi connectivity index (χ1) is 30.5. The number of hydrogen-bond donors (Lipinski definition) is 1. The molecule has 2 heteroatoms. The number of anilines is 1. The van der Waals surface area contributed by atoms with Crippen LogP contribution in [0.2, 0.25) is 0 Å². The molecule has 6 aromatic rings. The summed E-state index contributed by atoms with van der Waals surface area (Å²) < 4.78 is 2.39. The molecule has 1 heterocycles. The van der Waals surface area contributed by atoms with Crippen LogP contribution in [0.1, 0.15) is 51.7 Å². The number of fused-ring (bicyclic) bond motifs is 3. The lowest BCUT2D eigenvalue weighted by Gasteiger charge is -2.11. The molecule has 62 heavy (non-hydrogen) atoms. The molecular formula is C60H56N2. The van der Waals surface area contributed by atoms with Crippen molar-refractivity contribution in [2.45, 2.75) is 40.5 Å². The molecule has 1 aromatic heterocycles. The van der Waals surface area contributed by atoms with Crippen LogP contribution < -0.4 is 5.32 Å². The number of aromatic nitrogens is 1. The van der Waals surface area contributed by atoms with Crippen LogP contribution in [-0.2, 0) is 0 Å². The Morgan fingerprint density at radius 3 is 2.32 bits per heavy atom. The molecular weight excluding hydrogens is 749 g/mol. The third-order valence-electron chi connectivity index (χ3n) is 11.0.